The minimum atomic E-state index is -0.854. The van der Waals surface area contributed by atoms with E-state index < -0.39 is 17.4 Å². The van der Waals surface area contributed by atoms with Gasteiger partial charge < -0.3 is 9.47 Å². The van der Waals surface area contributed by atoms with Gasteiger partial charge in [0.1, 0.15) is 12.0 Å². The average Bonchev–Trinajstić information content (AvgIpc) is 3.26. The number of hydrogen-bond acceptors (Lipinski definition) is 4. The van der Waals surface area contributed by atoms with Crippen LogP contribution in [0.15, 0.2) is 48.5 Å². The molecule has 1 spiro atoms. The molecule has 4 atom stereocenters. The van der Waals surface area contributed by atoms with Gasteiger partial charge in [-0.25, -0.2) is 0 Å². The van der Waals surface area contributed by atoms with Crippen molar-refractivity contribution in [2.45, 2.75) is 69.5 Å². The SMILES string of the molecule is CCCCCC[C@H]1OC(=O)[C@@H]2[C@H]1OC(=O)[C@@]21CC2c3ccccc3C1c1ccccc12. The number of unbranched alkanes of at least 4 members (excludes halogenated alkanes) is 3. The molecule has 0 N–H and O–H groups in total. The van der Waals surface area contributed by atoms with E-state index in [-0.39, 0.29) is 29.9 Å². The van der Waals surface area contributed by atoms with Crippen molar-refractivity contribution in [3.05, 3.63) is 70.8 Å². The Kier molecular flexibility index (Phi) is 4.28. The van der Waals surface area contributed by atoms with Gasteiger partial charge in [-0.05, 0) is 41.5 Å². The molecule has 2 aromatic rings. The molecule has 0 unspecified atom stereocenters. The van der Waals surface area contributed by atoms with Crippen molar-refractivity contribution in [3.8, 4) is 0 Å². The Morgan fingerprint density at radius 2 is 1.52 bits per heavy atom. The summed E-state index contributed by atoms with van der Waals surface area (Å²) in [6, 6.07) is 16.8. The van der Waals surface area contributed by atoms with Gasteiger partial charge in [0, 0.05) is 11.8 Å². The fraction of sp³-hybridized carbons (Fsp3) is 0.481. The Balaban J connectivity index is 1.42. The molecule has 2 fully saturated rings. The Hall–Kier alpha value is -2.62. The van der Waals surface area contributed by atoms with Crippen LogP contribution in [0.2, 0.25) is 0 Å². The highest BCUT2D eigenvalue weighted by molar-refractivity contribution is 5.93. The van der Waals surface area contributed by atoms with Crippen LogP contribution >= 0.6 is 0 Å². The van der Waals surface area contributed by atoms with Crippen LogP contribution < -0.4 is 0 Å². The standard InChI is InChI=1S/C27H28O4/c1-2-3-4-5-14-21-24-23(25(28)30-21)27(26(29)31-24)15-20-16-10-6-8-12-18(16)22(27)19-13-9-7-11-17(19)20/h6-13,20-24H,2-5,14-15H2,1H3/t20?,21-,22?,23+,24+,27-/m1/s1. The summed E-state index contributed by atoms with van der Waals surface area (Å²) in [5.41, 5.74) is 4.07. The van der Waals surface area contributed by atoms with Crippen molar-refractivity contribution >= 4 is 11.9 Å². The highest BCUT2D eigenvalue weighted by atomic mass is 16.6. The first-order chi connectivity index (χ1) is 15.2. The number of rotatable bonds is 5. The topological polar surface area (TPSA) is 52.6 Å². The normalized spacial score (nSPS) is 34.3. The van der Waals surface area contributed by atoms with Gasteiger partial charge in [0.05, 0.1) is 5.41 Å². The van der Waals surface area contributed by atoms with Gasteiger partial charge in [0.15, 0.2) is 6.10 Å². The van der Waals surface area contributed by atoms with Crippen molar-refractivity contribution < 1.29 is 19.1 Å². The van der Waals surface area contributed by atoms with Gasteiger partial charge in [-0.15, -0.1) is 0 Å². The molecule has 7 rings (SSSR count). The fourth-order valence-electron chi connectivity index (χ4n) is 6.90. The Morgan fingerprint density at radius 1 is 0.871 bits per heavy atom. The van der Waals surface area contributed by atoms with E-state index in [4.69, 9.17) is 9.47 Å². The Labute approximate surface area is 182 Å². The number of fused-ring (bicyclic) bond motifs is 1. The van der Waals surface area contributed by atoms with Crippen molar-refractivity contribution in [2.75, 3.05) is 0 Å². The van der Waals surface area contributed by atoms with Crippen LogP contribution in [0.25, 0.3) is 0 Å². The van der Waals surface area contributed by atoms with Crippen LogP contribution in [-0.4, -0.2) is 24.1 Å². The summed E-state index contributed by atoms with van der Waals surface area (Å²) in [5.74, 6) is -0.986. The van der Waals surface area contributed by atoms with Gasteiger partial charge in [-0.2, -0.15) is 0 Å². The second-order valence-electron chi connectivity index (χ2n) is 9.66. The molecule has 2 bridgehead atoms. The predicted molar refractivity (Wildman–Crippen MR) is 116 cm³/mol. The largest absolute Gasteiger partial charge is 0.458 e. The van der Waals surface area contributed by atoms with Crippen LogP contribution in [0.5, 0.6) is 0 Å². The Morgan fingerprint density at radius 3 is 2.16 bits per heavy atom. The zero-order valence-corrected chi connectivity index (χ0v) is 17.9. The molecule has 2 aliphatic heterocycles. The number of benzene rings is 2. The molecule has 2 heterocycles. The third kappa shape index (κ3) is 2.48. The first-order valence-corrected chi connectivity index (χ1v) is 11.8. The van der Waals surface area contributed by atoms with E-state index in [0.717, 1.165) is 25.7 Å². The van der Waals surface area contributed by atoms with E-state index in [1.165, 1.54) is 28.7 Å². The molecule has 160 valence electrons. The maximum absolute atomic E-state index is 13.6. The predicted octanol–water partition coefficient (Wildman–Crippen LogP) is 5.09. The number of cyclic esters (lactones) is 1. The molecule has 3 aliphatic carbocycles. The number of hydrogen-bond donors (Lipinski definition) is 0. The van der Waals surface area contributed by atoms with Gasteiger partial charge in [-0.3, -0.25) is 9.59 Å². The molecule has 2 aromatic carbocycles. The van der Waals surface area contributed by atoms with Gasteiger partial charge in [0.25, 0.3) is 0 Å². The first-order valence-electron chi connectivity index (χ1n) is 11.8. The molecule has 2 saturated heterocycles. The van der Waals surface area contributed by atoms with Crippen molar-refractivity contribution in [2.24, 2.45) is 11.3 Å². The number of carbonyl (C=O) groups excluding carboxylic acids is 2. The Bertz CT molecular complexity index is 1010. The summed E-state index contributed by atoms with van der Waals surface area (Å²) in [6.45, 7) is 2.18. The second kappa shape index (κ2) is 6.94. The molecule has 31 heavy (non-hydrogen) atoms. The molecular formula is C27H28O4. The lowest BCUT2D eigenvalue weighted by atomic mass is 9.48. The van der Waals surface area contributed by atoms with Crippen LogP contribution in [0, 0.1) is 11.3 Å². The summed E-state index contributed by atoms with van der Waals surface area (Å²) < 4.78 is 11.9. The molecule has 5 aliphatic rings. The van der Waals surface area contributed by atoms with Crippen LogP contribution in [-0.2, 0) is 19.1 Å². The first kappa shape index (κ1) is 19.1. The zero-order chi connectivity index (χ0) is 21.2. The minimum Gasteiger partial charge on any atom is -0.458 e. The zero-order valence-electron chi connectivity index (χ0n) is 17.9. The quantitative estimate of drug-likeness (QED) is 0.503. The molecule has 0 radical (unpaired) electrons. The lowest BCUT2D eigenvalue weighted by Crippen LogP contribution is -2.50. The van der Waals surface area contributed by atoms with E-state index >= 15 is 0 Å². The van der Waals surface area contributed by atoms with Crippen LogP contribution in [0.4, 0.5) is 0 Å². The summed E-state index contributed by atoms with van der Waals surface area (Å²) in [4.78, 5) is 26.8. The molecule has 4 heteroatoms. The fourth-order valence-corrected chi connectivity index (χ4v) is 6.90. The monoisotopic (exact) mass is 416 g/mol. The van der Waals surface area contributed by atoms with Crippen molar-refractivity contribution in [1.82, 2.24) is 0 Å². The maximum atomic E-state index is 13.6. The summed E-state index contributed by atoms with van der Waals surface area (Å²) in [7, 11) is 0. The maximum Gasteiger partial charge on any atom is 0.314 e. The number of esters is 2. The second-order valence-corrected chi connectivity index (χ2v) is 9.66. The third-order valence-electron chi connectivity index (χ3n) is 8.16. The van der Waals surface area contributed by atoms with E-state index in [2.05, 4.69) is 43.3 Å². The van der Waals surface area contributed by atoms with E-state index in [1.807, 2.05) is 12.1 Å². The number of carbonyl (C=O) groups is 2. The van der Waals surface area contributed by atoms with E-state index in [9.17, 15) is 9.59 Å². The average molecular weight is 417 g/mol. The highest BCUT2D eigenvalue weighted by Crippen LogP contribution is 2.67. The molecule has 0 aromatic heterocycles. The van der Waals surface area contributed by atoms with Crippen LogP contribution in [0.3, 0.4) is 0 Å². The molecular weight excluding hydrogens is 388 g/mol. The summed E-state index contributed by atoms with van der Waals surface area (Å²) in [5, 5.41) is 0. The van der Waals surface area contributed by atoms with E-state index in [1.54, 1.807) is 0 Å². The van der Waals surface area contributed by atoms with Gasteiger partial charge in [-0.1, -0.05) is 74.7 Å². The highest BCUT2D eigenvalue weighted by Gasteiger charge is 2.72. The summed E-state index contributed by atoms with van der Waals surface area (Å²) >= 11 is 0. The molecule has 0 saturated carbocycles. The lowest BCUT2D eigenvalue weighted by molar-refractivity contribution is -0.162. The van der Waals surface area contributed by atoms with E-state index in [0.29, 0.717) is 6.42 Å². The molecule has 0 amide bonds. The van der Waals surface area contributed by atoms with Crippen LogP contribution in [0.1, 0.15) is 79.5 Å². The number of ether oxygens (including phenoxy) is 2. The van der Waals surface area contributed by atoms with Crippen molar-refractivity contribution in [1.29, 1.82) is 0 Å². The molecule has 4 nitrogen and oxygen atoms in total. The summed E-state index contributed by atoms with van der Waals surface area (Å²) in [6.07, 6.45) is 5.11. The third-order valence-corrected chi connectivity index (χ3v) is 8.16. The van der Waals surface area contributed by atoms with Crippen molar-refractivity contribution in [3.63, 3.8) is 0 Å². The van der Waals surface area contributed by atoms with Gasteiger partial charge in [0.2, 0.25) is 0 Å². The minimum absolute atomic E-state index is 0.111. The smallest absolute Gasteiger partial charge is 0.314 e. The van der Waals surface area contributed by atoms with Gasteiger partial charge >= 0.3 is 11.9 Å². The lowest BCUT2D eigenvalue weighted by Gasteiger charge is -2.50.